The summed E-state index contributed by atoms with van der Waals surface area (Å²) in [6.07, 6.45) is 10.1. The Morgan fingerprint density at radius 2 is 1.65 bits per heavy atom. The van der Waals surface area contributed by atoms with Gasteiger partial charge in [0.25, 0.3) is 0 Å². The zero-order chi connectivity index (χ0) is 14.4. The second-order valence-corrected chi connectivity index (χ2v) is 6.08. The Labute approximate surface area is 120 Å². The van der Waals surface area contributed by atoms with Crippen LogP contribution in [0.4, 0.5) is 4.79 Å². The van der Waals surface area contributed by atoms with Crippen LogP contribution in [-0.4, -0.2) is 40.6 Å². The first-order chi connectivity index (χ1) is 9.66. The number of carboxylic acid groups (broad SMARTS) is 1. The highest BCUT2D eigenvalue weighted by Crippen LogP contribution is 2.22. The van der Waals surface area contributed by atoms with Crippen molar-refractivity contribution in [1.82, 2.24) is 10.2 Å². The standard InChI is InChI=1S/C15H26N2O3/c18-14(19)11-13-9-6-10-17(13)15(20)16-12-7-4-2-1-3-5-8-12/h12-13H,1-11H2,(H,16,20)(H,18,19). The summed E-state index contributed by atoms with van der Waals surface area (Å²) in [6.45, 7) is 0.691. The molecule has 2 amide bonds. The molecular formula is C15H26N2O3. The number of carboxylic acids is 1. The predicted octanol–water partition coefficient (Wildman–Crippen LogP) is 2.75. The molecule has 114 valence electrons. The zero-order valence-electron chi connectivity index (χ0n) is 12.1. The van der Waals surface area contributed by atoms with E-state index in [1.807, 2.05) is 0 Å². The summed E-state index contributed by atoms with van der Waals surface area (Å²) in [5.74, 6) is -0.819. The summed E-state index contributed by atoms with van der Waals surface area (Å²) in [4.78, 5) is 24.9. The molecule has 20 heavy (non-hydrogen) atoms. The van der Waals surface area contributed by atoms with Crippen molar-refractivity contribution in [1.29, 1.82) is 0 Å². The zero-order valence-corrected chi connectivity index (χ0v) is 12.1. The summed E-state index contributed by atoms with van der Waals surface area (Å²) in [5.41, 5.74) is 0. The number of nitrogens with one attached hydrogen (secondary N) is 1. The van der Waals surface area contributed by atoms with Gasteiger partial charge in [-0.15, -0.1) is 0 Å². The molecule has 1 aliphatic carbocycles. The fraction of sp³-hybridized carbons (Fsp3) is 0.867. The van der Waals surface area contributed by atoms with Gasteiger partial charge in [-0.1, -0.05) is 32.1 Å². The van der Waals surface area contributed by atoms with Crippen LogP contribution in [0.15, 0.2) is 0 Å². The highest BCUT2D eigenvalue weighted by atomic mass is 16.4. The van der Waals surface area contributed by atoms with Crippen LogP contribution >= 0.6 is 0 Å². The van der Waals surface area contributed by atoms with E-state index >= 15 is 0 Å². The second-order valence-electron chi connectivity index (χ2n) is 6.08. The summed E-state index contributed by atoms with van der Waals surface area (Å²) < 4.78 is 0. The molecule has 0 aromatic heterocycles. The smallest absolute Gasteiger partial charge is 0.317 e. The van der Waals surface area contributed by atoms with Crippen molar-refractivity contribution in [2.45, 2.75) is 76.3 Å². The minimum absolute atomic E-state index is 0.0562. The monoisotopic (exact) mass is 282 g/mol. The Morgan fingerprint density at radius 3 is 2.30 bits per heavy atom. The molecule has 1 saturated heterocycles. The van der Waals surface area contributed by atoms with Gasteiger partial charge in [-0.3, -0.25) is 4.79 Å². The fourth-order valence-corrected chi connectivity index (χ4v) is 3.37. The van der Waals surface area contributed by atoms with Gasteiger partial charge in [-0.25, -0.2) is 4.79 Å². The first-order valence-electron chi connectivity index (χ1n) is 7.96. The normalized spacial score (nSPS) is 25.0. The van der Waals surface area contributed by atoms with Crippen LogP contribution in [0, 0.1) is 0 Å². The van der Waals surface area contributed by atoms with Gasteiger partial charge < -0.3 is 15.3 Å². The number of urea groups is 1. The van der Waals surface area contributed by atoms with Gasteiger partial charge >= 0.3 is 12.0 Å². The van der Waals surface area contributed by atoms with Crippen molar-refractivity contribution in [3.63, 3.8) is 0 Å². The van der Waals surface area contributed by atoms with Crippen LogP contribution in [0.3, 0.4) is 0 Å². The lowest BCUT2D eigenvalue weighted by atomic mass is 9.97. The summed E-state index contributed by atoms with van der Waals surface area (Å²) in [5, 5.41) is 12.0. The van der Waals surface area contributed by atoms with Crippen molar-refractivity contribution >= 4 is 12.0 Å². The third kappa shape index (κ3) is 4.39. The van der Waals surface area contributed by atoms with Gasteiger partial charge in [-0.2, -0.15) is 0 Å². The average Bonchev–Trinajstić information content (AvgIpc) is 2.79. The van der Waals surface area contributed by atoms with E-state index in [2.05, 4.69) is 5.32 Å². The lowest BCUT2D eigenvalue weighted by molar-refractivity contribution is -0.137. The molecule has 2 aliphatic rings. The van der Waals surface area contributed by atoms with Crippen LogP contribution in [0.1, 0.15) is 64.2 Å². The molecule has 1 atom stereocenters. The van der Waals surface area contributed by atoms with E-state index < -0.39 is 5.97 Å². The second kappa shape index (κ2) is 7.50. The largest absolute Gasteiger partial charge is 0.481 e. The quantitative estimate of drug-likeness (QED) is 0.836. The molecule has 1 saturated carbocycles. The molecular weight excluding hydrogens is 256 g/mol. The molecule has 2 rings (SSSR count). The predicted molar refractivity (Wildman–Crippen MR) is 76.6 cm³/mol. The Balaban J connectivity index is 1.84. The van der Waals surface area contributed by atoms with Crippen molar-refractivity contribution in [3.8, 4) is 0 Å². The molecule has 2 fully saturated rings. The molecule has 5 nitrogen and oxygen atoms in total. The van der Waals surface area contributed by atoms with Crippen LogP contribution < -0.4 is 5.32 Å². The SMILES string of the molecule is O=C(O)CC1CCCN1C(=O)NC1CCCCCCC1. The number of carbonyl (C=O) groups excluding carboxylic acids is 1. The molecule has 5 heteroatoms. The first-order valence-corrected chi connectivity index (χ1v) is 7.96. The van der Waals surface area contributed by atoms with Crippen LogP contribution in [0.25, 0.3) is 0 Å². The topological polar surface area (TPSA) is 69.6 Å². The van der Waals surface area contributed by atoms with Gasteiger partial charge in [0.05, 0.1) is 6.42 Å². The van der Waals surface area contributed by atoms with Crippen LogP contribution in [0.5, 0.6) is 0 Å². The number of amides is 2. The van der Waals surface area contributed by atoms with E-state index in [1.165, 1.54) is 32.1 Å². The highest BCUT2D eigenvalue weighted by molar-refractivity contribution is 5.76. The van der Waals surface area contributed by atoms with E-state index in [0.29, 0.717) is 6.54 Å². The van der Waals surface area contributed by atoms with Gasteiger partial charge in [0.1, 0.15) is 0 Å². The average molecular weight is 282 g/mol. The maximum Gasteiger partial charge on any atom is 0.317 e. The first kappa shape index (κ1) is 15.1. The minimum Gasteiger partial charge on any atom is -0.481 e. The van der Waals surface area contributed by atoms with Gasteiger partial charge in [0, 0.05) is 18.6 Å². The Morgan fingerprint density at radius 1 is 1.00 bits per heavy atom. The van der Waals surface area contributed by atoms with E-state index in [4.69, 9.17) is 5.11 Å². The van der Waals surface area contributed by atoms with Crippen molar-refractivity contribution in [2.75, 3.05) is 6.54 Å². The maximum atomic E-state index is 12.3. The minimum atomic E-state index is -0.819. The number of hydrogen-bond acceptors (Lipinski definition) is 2. The van der Waals surface area contributed by atoms with Crippen molar-refractivity contribution < 1.29 is 14.7 Å². The Hall–Kier alpha value is -1.26. The number of nitrogens with zero attached hydrogens (tertiary/aromatic N) is 1. The summed E-state index contributed by atoms with van der Waals surface area (Å²) in [7, 11) is 0. The third-order valence-electron chi connectivity index (χ3n) is 4.48. The Bertz CT molecular complexity index is 338. The van der Waals surface area contributed by atoms with E-state index in [9.17, 15) is 9.59 Å². The van der Waals surface area contributed by atoms with E-state index in [1.54, 1.807) is 4.90 Å². The Kier molecular flexibility index (Phi) is 5.68. The number of likely N-dealkylation sites (tertiary alicyclic amines) is 1. The molecule has 1 heterocycles. The summed E-state index contributed by atoms with van der Waals surface area (Å²) >= 11 is 0. The number of hydrogen-bond donors (Lipinski definition) is 2. The molecule has 2 N–H and O–H groups in total. The molecule has 0 radical (unpaired) electrons. The molecule has 0 bridgehead atoms. The molecule has 0 aromatic rings. The van der Waals surface area contributed by atoms with Gasteiger partial charge in [-0.05, 0) is 25.7 Å². The van der Waals surface area contributed by atoms with Gasteiger partial charge in [0.2, 0.25) is 0 Å². The lowest BCUT2D eigenvalue weighted by Crippen LogP contribution is -2.47. The van der Waals surface area contributed by atoms with Crippen molar-refractivity contribution in [3.05, 3.63) is 0 Å². The van der Waals surface area contributed by atoms with Crippen molar-refractivity contribution in [2.24, 2.45) is 0 Å². The number of rotatable bonds is 3. The molecule has 1 unspecified atom stereocenters. The number of carbonyl (C=O) groups is 2. The highest BCUT2D eigenvalue weighted by Gasteiger charge is 2.31. The maximum absolute atomic E-state index is 12.3. The third-order valence-corrected chi connectivity index (χ3v) is 4.48. The molecule has 0 spiro atoms. The summed E-state index contributed by atoms with van der Waals surface area (Å²) in [6, 6.07) is 0.0919. The van der Waals surface area contributed by atoms with Crippen LogP contribution in [0.2, 0.25) is 0 Å². The van der Waals surface area contributed by atoms with E-state index in [0.717, 1.165) is 25.7 Å². The fourth-order valence-electron chi connectivity index (χ4n) is 3.37. The lowest BCUT2D eigenvalue weighted by Gasteiger charge is -2.28. The molecule has 0 aromatic carbocycles. The number of aliphatic carboxylic acids is 1. The van der Waals surface area contributed by atoms with Gasteiger partial charge in [0.15, 0.2) is 0 Å². The molecule has 1 aliphatic heterocycles. The van der Waals surface area contributed by atoms with E-state index in [-0.39, 0.29) is 24.5 Å². The van der Waals surface area contributed by atoms with Crippen LogP contribution in [-0.2, 0) is 4.79 Å².